The molecule has 3 heterocycles. The van der Waals surface area contributed by atoms with Gasteiger partial charge in [0.15, 0.2) is 0 Å². The van der Waals surface area contributed by atoms with Gasteiger partial charge in [0.05, 0.1) is 17.3 Å². The summed E-state index contributed by atoms with van der Waals surface area (Å²) in [6, 6.07) is 9.99. The summed E-state index contributed by atoms with van der Waals surface area (Å²) in [6.07, 6.45) is 5.03. The molecule has 0 aliphatic carbocycles. The fourth-order valence-electron chi connectivity index (χ4n) is 4.78. The molecule has 12 nitrogen and oxygen atoms in total. The van der Waals surface area contributed by atoms with E-state index in [-0.39, 0.29) is 17.5 Å². The molecule has 2 aliphatic heterocycles. The zero-order valence-electron chi connectivity index (χ0n) is 21.1. The van der Waals surface area contributed by atoms with Crippen LogP contribution in [0.25, 0.3) is 11.8 Å². The average molecular weight is 549 g/mol. The number of tetrazole rings is 1. The molecule has 0 spiro atoms. The van der Waals surface area contributed by atoms with Crippen molar-refractivity contribution in [1.82, 2.24) is 35.5 Å². The highest BCUT2D eigenvalue weighted by atomic mass is 35.5. The normalized spacial score (nSPS) is 19.2. The molecule has 1 aromatic heterocycles. The second-order valence-electron chi connectivity index (χ2n) is 9.18. The number of likely N-dealkylation sites (N-methyl/N-ethyl adjacent to an activating group) is 1. The number of amides is 2. The first-order chi connectivity index (χ1) is 18.7. The third kappa shape index (κ3) is 5.24. The van der Waals surface area contributed by atoms with Gasteiger partial charge in [0.2, 0.25) is 5.91 Å². The second kappa shape index (κ2) is 10.7. The number of rotatable bonds is 6. The van der Waals surface area contributed by atoms with E-state index in [1.54, 1.807) is 24.3 Å². The van der Waals surface area contributed by atoms with E-state index in [1.165, 1.54) is 46.3 Å². The van der Waals surface area contributed by atoms with Crippen LogP contribution in [0.15, 0.2) is 66.1 Å². The van der Waals surface area contributed by atoms with E-state index < -0.39 is 17.9 Å². The van der Waals surface area contributed by atoms with Crippen LogP contribution in [0.2, 0.25) is 5.02 Å². The molecule has 3 N–H and O–H groups in total. The van der Waals surface area contributed by atoms with Gasteiger partial charge in [-0.05, 0) is 65.9 Å². The number of hydrogen-bond donors (Lipinski definition) is 3. The summed E-state index contributed by atoms with van der Waals surface area (Å²) < 4.78 is 1.46. The minimum Gasteiger partial charge on any atom is -0.478 e. The van der Waals surface area contributed by atoms with Crippen molar-refractivity contribution in [2.75, 3.05) is 18.9 Å². The lowest BCUT2D eigenvalue weighted by Gasteiger charge is -2.36. The molecule has 0 fully saturated rings. The van der Waals surface area contributed by atoms with Gasteiger partial charge in [-0.25, -0.2) is 9.80 Å². The van der Waals surface area contributed by atoms with Crippen molar-refractivity contribution in [2.24, 2.45) is 0 Å². The summed E-state index contributed by atoms with van der Waals surface area (Å²) >= 11 is 6.21. The van der Waals surface area contributed by atoms with Crippen molar-refractivity contribution in [3.63, 3.8) is 0 Å². The lowest BCUT2D eigenvalue weighted by molar-refractivity contribution is -0.134. The van der Waals surface area contributed by atoms with Crippen molar-refractivity contribution in [2.45, 2.75) is 25.4 Å². The van der Waals surface area contributed by atoms with Gasteiger partial charge in [0.25, 0.3) is 5.91 Å². The number of anilines is 1. The highest BCUT2D eigenvalue weighted by Crippen LogP contribution is 2.33. The number of hydrazine groups is 1. The Bertz CT molecular complexity index is 1490. The van der Waals surface area contributed by atoms with Crippen LogP contribution in [0.4, 0.5) is 5.69 Å². The van der Waals surface area contributed by atoms with Gasteiger partial charge in [-0.1, -0.05) is 11.6 Å². The lowest BCUT2D eigenvalue weighted by atomic mass is 9.92. The van der Waals surface area contributed by atoms with Crippen LogP contribution in [0, 0.1) is 0 Å². The van der Waals surface area contributed by atoms with Crippen LogP contribution in [-0.4, -0.2) is 78.7 Å². The molecule has 2 unspecified atom stereocenters. The zero-order chi connectivity index (χ0) is 27.7. The zero-order valence-corrected chi connectivity index (χ0v) is 21.8. The molecule has 3 aromatic rings. The maximum absolute atomic E-state index is 13.7. The summed E-state index contributed by atoms with van der Waals surface area (Å²) in [5.41, 5.74) is 6.80. The largest absolute Gasteiger partial charge is 0.478 e. The predicted octanol–water partition coefficient (Wildman–Crippen LogP) is 2.36. The maximum atomic E-state index is 13.7. The van der Waals surface area contributed by atoms with Gasteiger partial charge >= 0.3 is 5.97 Å². The van der Waals surface area contributed by atoms with Crippen LogP contribution in [0.5, 0.6) is 0 Å². The third-order valence-corrected chi connectivity index (χ3v) is 7.06. The quantitative estimate of drug-likeness (QED) is 0.395. The molecule has 200 valence electrons. The van der Waals surface area contributed by atoms with Crippen LogP contribution < -0.4 is 10.7 Å². The van der Waals surface area contributed by atoms with E-state index in [4.69, 9.17) is 16.7 Å². The fraction of sp³-hybridized carbons (Fsp3) is 0.231. The average Bonchev–Trinajstić information content (AvgIpc) is 3.55. The first-order valence-corrected chi connectivity index (χ1v) is 12.5. The number of carboxylic acid groups (broad SMARTS) is 1. The summed E-state index contributed by atoms with van der Waals surface area (Å²) in [5.74, 6) is -1.81. The fourth-order valence-corrected chi connectivity index (χ4v) is 4.96. The van der Waals surface area contributed by atoms with E-state index >= 15 is 0 Å². The minimum atomic E-state index is -1.06. The van der Waals surface area contributed by atoms with Gasteiger partial charge < -0.3 is 20.7 Å². The van der Waals surface area contributed by atoms with Crippen molar-refractivity contribution in [3.8, 4) is 5.69 Å². The summed E-state index contributed by atoms with van der Waals surface area (Å²) in [5, 5.41) is 25.6. The number of carbonyl (C=O) groups excluding carboxylic acids is 2. The van der Waals surface area contributed by atoms with E-state index in [0.29, 0.717) is 34.9 Å². The standard InChI is InChI=1S/C26H25ClN8O4/c1-15-23-20(30-33(15)2)11-12-34(24(23)25(37)29-19-7-3-16(4-8-19)26(38)39)22(36)10-5-17-13-18(27)6-9-21(17)35-14-28-31-32-35/h3-10,13-15,24,30H,11-12H2,1-2H3,(H,29,37)(H,38,39). The predicted molar refractivity (Wildman–Crippen MR) is 143 cm³/mol. The Morgan fingerprint density at radius 2 is 1.95 bits per heavy atom. The van der Waals surface area contributed by atoms with Crippen LogP contribution in [0.3, 0.4) is 0 Å². The highest BCUT2D eigenvalue weighted by Gasteiger charge is 2.43. The topological polar surface area (TPSA) is 146 Å². The number of carboxylic acids is 1. The molecule has 0 saturated carbocycles. The molecule has 2 aromatic carbocycles. The van der Waals surface area contributed by atoms with Gasteiger partial charge in [-0.15, -0.1) is 5.10 Å². The number of nitrogens with one attached hydrogen (secondary N) is 2. The van der Waals surface area contributed by atoms with E-state index in [9.17, 15) is 14.4 Å². The second-order valence-corrected chi connectivity index (χ2v) is 9.62. The molecular formula is C26H25ClN8O4. The van der Waals surface area contributed by atoms with Gasteiger partial charge in [0, 0.05) is 53.6 Å². The first kappa shape index (κ1) is 26.1. The Balaban J connectivity index is 1.44. The minimum absolute atomic E-state index is 0.106. The van der Waals surface area contributed by atoms with E-state index in [0.717, 1.165) is 11.3 Å². The Morgan fingerprint density at radius 3 is 2.64 bits per heavy atom. The third-order valence-electron chi connectivity index (χ3n) is 6.82. The van der Waals surface area contributed by atoms with Crippen molar-refractivity contribution >= 4 is 41.1 Å². The summed E-state index contributed by atoms with van der Waals surface area (Å²) in [4.78, 5) is 40.0. The van der Waals surface area contributed by atoms with E-state index in [2.05, 4.69) is 26.3 Å². The molecule has 2 atom stereocenters. The number of benzene rings is 2. The lowest BCUT2D eigenvalue weighted by Crippen LogP contribution is -2.52. The Hall–Kier alpha value is -4.55. The Morgan fingerprint density at radius 1 is 1.18 bits per heavy atom. The smallest absolute Gasteiger partial charge is 0.335 e. The van der Waals surface area contributed by atoms with Crippen LogP contribution >= 0.6 is 11.6 Å². The number of hydrogen-bond acceptors (Lipinski definition) is 8. The highest BCUT2D eigenvalue weighted by molar-refractivity contribution is 6.30. The molecule has 2 amide bonds. The van der Waals surface area contributed by atoms with Gasteiger partial charge in [-0.2, -0.15) is 4.68 Å². The monoisotopic (exact) mass is 548 g/mol. The number of carbonyl (C=O) groups is 3. The Kier molecular flexibility index (Phi) is 7.13. The molecule has 2 aliphatic rings. The van der Waals surface area contributed by atoms with Crippen molar-refractivity contribution < 1.29 is 19.5 Å². The van der Waals surface area contributed by atoms with Crippen molar-refractivity contribution in [3.05, 3.63) is 82.3 Å². The number of halogens is 1. The molecule has 39 heavy (non-hydrogen) atoms. The SMILES string of the molecule is CC1C2=C(CCN(C(=O)C=Cc3cc(Cl)ccc3-n3cnnn3)C2C(=O)Nc2ccc(C(=O)O)cc2)NN1C. The number of aromatic carboxylic acids is 1. The molecule has 5 rings (SSSR count). The number of aromatic nitrogens is 4. The van der Waals surface area contributed by atoms with Crippen LogP contribution in [-0.2, 0) is 9.59 Å². The maximum Gasteiger partial charge on any atom is 0.335 e. The molecule has 0 radical (unpaired) electrons. The summed E-state index contributed by atoms with van der Waals surface area (Å²) in [7, 11) is 1.88. The molecular weight excluding hydrogens is 524 g/mol. The Labute approximate surface area is 228 Å². The summed E-state index contributed by atoms with van der Waals surface area (Å²) in [6.45, 7) is 2.28. The molecule has 0 bridgehead atoms. The van der Waals surface area contributed by atoms with Crippen molar-refractivity contribution in [1.29, 1.82) is 0 Å². The number of nitrogens with zero attached hydrogens (tertiary/aromatic N) is 6. The van der Waals surface area contributed by atoms with Gasteiger partial charge in [-0.3, -0.25) is 9.59 Å². The molecule has 13 heteroatoms. The molecule has 0 saturated heterocycles. The van der Waals surface area contributed by atoms with Gasteiger partial charge in [0.1, 0.15) is 12.4 Å². The van der Waals surface area contributed by atoms with Crippen LogP contribution in [0.1, 0.15) is 29.3 Å². The van der Waals surface area contributed by atoms with E-state index in [1.807, 2.05) is 19.0 Å². The first-order valence-electron chi connectivity index (χ1n) is 12.1.